The second-order valence-corrected chi connectivity index (χ2v) is 9.27. The van der Waals surface area contributed by atoms with Gasteiger partial charge in [-0.15, -0.1) is 0 Å². The van der Waals surface area contributed by atoms with Gasteiger partial charge in [0.25, 0.3) is 0 Å². The molecule has 1 heterocycles. The van der Waals surface area contributed by atoms with Crippen molar-refractivity contribution in [2.75, 3.05) is 0 Å². The molecule has 0 saturated heterocycles. The number of aryl methyl sites for hydroxylation is 1. The maximum absolute atomic E-state index is 6.20. The zero-order chi connectivity index (χ0) is 19.8. The summed E-state index contributed by atoms with van der Waals surface area (Å²) in [6, 6.07) is 17.6. The van der Waals surface area contributed by atoms with Gasteiger partial charge < -0.3 is 4.43 Å². The van der Waals surface area contributed by atoms with Crippen LogP contribution in [0.2, 0.25) is 0 Å². The highest BCUT2D eigenvalue weighted by Gasteiger charge is 2.39. The lowest BCUT2D eigenvalue weighted by atomic mass is 9.69. The van der Waals surface area contributed by atoms with Crippen LogP contribution < -0.4 is 0 Å². The van der Waals surface area contributed by atoms with Gasteiger partial charge in [0.1, 0.15) is 10.5 Å². The van der Waals surface area contributed by atoms with E-state index in [2.05, 4.69) is 88.1 Å². The fourth-order valence-corrected chi connectivity index (χ4v) is 4.33. The van der Waals surface area contributed by atoms with Crippen LogP contribution in [0.1, 0.15) is 45.9 Å². The quantitative estimate of drug-likeness (QED) is 0.568. The number of hydrogen-bond acceptors (Lipinski definition) is 2. The van der Waals surface area contributed by atoms with Gasteiger partial charge in [0.2, 0.25) is 0 Å². The Morgan fingerprint density at radius 2 is 1.52 bits per heavy atom. The maximum atomic E-state index is 6.20. The van der Waals surface area contributed by atoms with Crippen molar-refractivity contribution in [1.29, 1.82) is 0 Å². The SMILES string of the molecule is Cc1ccc(-c2ccc3cc(C(C)(O[SiH3])C(C)C(C)(C)C)ccc3c2)cn1. The fraction of sp³-hybridized carbons (Fsp3) is 0.375. The minimum atomic E-state index is -0.266. The molecule has 0 spiro atoms. The summed E-state index contributed by atoms with van der Waals surface area (Å²) in [6.07, 6.45) is 1.95. The molecule has 27 heavy (non-hydrogen) atoms. The third kappa shape index (κ3) is 3.85. The van der Waals surface area contributed by atoms with Crippen molar-refractivity contribution in [1.82, 2.24) is 4.98 Å². The summed E-state index contributed by atoms with van der Waals surface area (Å²) in [6.45, 7) is 13.4. The number of rotatable bonds is 4. The highest BCUT2D eigenvalue weighted by Crippen LogP contribution is 2.43. The highest BCUT2D eigenvalue weighted by atomic mass is 28.2. The molecule has 1 aromatic heterocycles. The fourth-order valence-electron chi connectivity index (χ4n) is 3.74. The second-order valence-electron chi connectivity index (χ2n) is 8.86. The summed E-state index contributed by atoms with van der Waals surface area (Å²) < 4.78 is 6.20. The van der Waals surface area contributed by atoms with Crippen LogP contribution in [-0.2, 0) is 10.0 Å². The van der Waals surface area contributed by atoms with Crippen molar-refractivity contribution in [3.05, 3.63) is 66.0 Å². The summed E-state index contributed by atoms with van der Waals surface area (Å²) >= 11 is 0. The molecule has 2 unspecified atom stereocenters. The Balaban J connectivity index is 2.03. The average molecular weight is 378 g/mol. The Morgan fingerprint density at radius 1 is 0.889 bits per heavy atom. The van der Waals surface area contributed by atoms with Crippen LogP contribution in [0.25, 0.3) is 21.9 Å². The Bertz CT molecular complexity index is 943. The zero-order valence-electron chi connectivity index (χ0n) is 17.6. The molecular formula is C24H31NOSi. The van der Waals surface area contributed by atoms with Gasteiger partial charge in [-0.3, -0.25) is 4.98 Å². The zero-order valence-corrected chi connectivity index (χ0v) is 19.6. The maximum Gasteiger partial charge on any atom is 0.147 e. The van der Waals surface area contributed by atoms with Crippen molar-refractivity contribution in [2.24, 2.45) is 11.3 Å². The van der Waals surface area contributed by atoms with Crippen LogP contribution in [0.3, 0.4) is 0 Å². The van der Waals surface area contributed by atoms with Gasteiger partial charge in [-0.1, -0.05) is 58.0 Å². The van der Waals surface area contributed by atoms with E-state index in [1.807, 2.05) is 13.1 Å². The number of pyridine rings is 1. The Labute approximate surface area is 166 Å². The summed E-state index contributed by atoms with van der Waals surface area (Å²) in [5.74, 6) is 0.401. The summed E-state index contributed by atoms with van der Waals surface area (Å²) in [5, 5.41) is 2.50. The lowest BCUT2D eigenvalue weighted by Gasteiger charge is -2.43. The molecule has 2 nitrogen and oxygen atoms in total. The molecule has 0 aliphatic heterocycles. The van der Waals surface area contributed by atoms with Crippen molar-refractivity contribution < 1.29 is 4.43 Å². The standard InChI is InChI=1S/C24H31NOSi/c1-16-7-8-21(15-25-16)19-9-10-20-14-22(12-11-18(20)13-19)24(6,26-27)17(2)23(3,4)5/h7-15,17H,1-6,27H3. The Hall–Kier alpha value is -1.97. The minimum Gasteiger partial charge on any atom is -0.418 e. The third-order valence-electron chi connectivity index (χ3n) is 6.21. The summed E-state index contributed by atoms with van der Waals surface area (Å²) in [7, 11) is 0.718. The Kier molecular flexibility index (Phi) is 5.28. The average Bonchev–Trinajstić information content (AvgIpc) is 2.65. The van der Waals surface area contributed by atoms with Gasteiger partial charge in [-0.05, 0) is 65.3 Å². The van der Waals surface area contributed by atoms with E-state index in [1.54, 1.807) is 0 Å². The molecule has 0 radical (unpaired) electrons. The van der Waals surface area contributed by atoms with E-state index in [4.69, 9.17) is 4.43 Å². The van der Waals surface area contributed by atoms with Crippen LogP contribution >= 0.6 is 0 Å². The van der Waals surface area contributed by atoms with Crippen LogP contribution in [0.4, 0.5) is 0 Å². The predicted octanol–water partition coefficient (Wildman–Crippen LogP) is 5.40. The van der Waals surface area contributed by atoms with Crippen molar-refractivity contribution >= 4 is 21.3 Å². The number of nitrogens with zero attached hydrogens (tertiary/aromatic N) is 1. The van der Waals surface area contributed by atoms with Gasteiger partial charge in [-0.25, -0.2) is 0 Å². The van der Waals surface area contributed by atoms with Gasteiger partial charge in [0, 0.05) is 17.5 Å². The summed E-state index contributed by atoms with van der Waals surface area (Å²) in [4.78, 5) is 4.42. The second kappa shape index (κ2) is 7.21. The van der Waals surface area contributed by atoms with Crippen molar-refractivity contribution in [3.63, 3.8) is 0 Å². The Morgan fingerprint density at radius 3 is 2.11 bits per heavy atom. The van der Waals surface area contributed by atoms with E-state index in [0.29, 0.717) is 5.92 Å². The predicted molar refractivity (Wildman–Crippen MR) is 119 cm³/mol. The van der Waals surface area contributed by atoms with Gasteiger partial charge >= 0.3 is 0 Å². The van der Waals surface area contributed by atoms with Crippen molar-refractivity contribution in [2.45, 2.75) is 47.1 Å². The number of fused-ring (bicyclic) bond motifs is 1. The number of benzene rings is 2. The molecule has 0 N–H and O–H groups in total. The van der Waals surface area contributed by atoms with E-state index in [-0.39, 0.29) is 11.0 Å². The molecule has 0 bridgehead atoms. The molecule has 2 aromatic carbocycles. The molecule has 0 aliphatic carbocycles. The first kappa shape index (κ1) is 19.8. The largest absolute Gasteiger partial charge is 0.418 e. The molecule has 3 heteroatoms. The van der Waals surface area contributed by atoms with E-state index in [9.17, 15) is 0 Å². The van der Waals surface area contributed by atoms with Crippen LogP contribution in [0, 0.1) is 18.3 Å². The lowest BCUT2D eigenvalue weighted by Crippen LogP contribution is -2.40. The van der Waals surface area contributed by atoms with Crippen LogP contribution in [0.5, 0.6) is 0 Å². The van der Waals surface area contributed by atoms with E-state index < -0.39 is 0 Å². The molecule has 0 saturated carbocycles. The molecule has 2 atom stereocenters. The van der Waals surface area contributed by atoms with Crippen molar-refractivity contribution in [3.8, 4) is 11.1 Å². The monoisotopic (exact) mass is 377 g/mol. The molecule has 142 valence electrons. The van der Waals surface area contributed by atoms with Gasteiger partial charge in [0.15, 0.2) is 0 Å². The van der Waals surface area contributed by atoms with Gasteiger partial charge in [-0.2, -0.15) is 0 Å². The van der Waals surface area contributed by atoms with Crippen LogP contribution in [-0.4, -0.2) is 15.5 Å². The third-order valence-corrected chi connectivity index (χ3v) is 7.06. The topological polar surface area (TPSA) is 22.1 Å². The van der Waals surface area contributed by atoms with E-state index in [1.165, 1.54) is 21.9 Å². The number of aromatic nitrogens is 1. The normalized spacial score (nSPS) is 15.6. The first-order valence-corrected chi connectivity index (χ1v) is 10.5. The first-order chi connectivity index (χ1) is 12.6. The summed E-state index contributed by atoms with van der Waals surface area (Å²) in [5.41, 5.74) is 4.57. The first-order valence-electron chi connectivity index (χ1n) is 9.67. The molecule has 3 rings (SSSR count). The molecule has 3 aromatic rings. The van der Waals surface area contributed by atoms with Crippen LogP contribution in [0.15, 0.2) is 54.7 Å². The highest BCUT2D eigenvalue weighted by molar-refractivity contribution is 5.98. The number of hydrogen-bond donors (Lipinski definition) is 0. The van der Waals surface area contributed by atoms with Gasteiger partial charge in [0.05, 0.1) is 5.60 Å². The van der Waals surface area contributed by atoms with E-state index in [0.717, 1.165) is 21.7 Å². The smallest absolute Gasteiger partial charge is 0.147 e. The molecule has 0 amide bonds. The molecule has 0 fully saturated rings. The minimum absolute atomic E-state index is 0.177. The van der Waals surface area contributed by atoms with E-state index >= 15 is 0 Å². The molecule has 0 aliphatic rings. The lowest BCUT2D eigenvalue weighted by molar-refractivity contribution is -0.0147. The molecular weight excluding hydrogens is 346 g/mol.